The Balaban J connectivity index is 1.84. The predicted molar refractivity (Wildman–Crippen MR) is 102 cm³/mol. The Morgan fingerprint density at radius 2 is 1.93 bits per heavy atom. The molecule has 0 radical (unpaired) electrons. The molecule has 0 spiro atoms. The number of anilines is 2. The van der Waals surface area contributed by atoms with Crippen molar-refractivity contribution in [2.24, 2.45) is 0 Å². The highest BCUT2D eigenvalue weighted by atomic mass is 16.5. The normalized spacial score (nSPS) is 10.6. The molecule has 8 heteroatoms. The van der Waals surface area contributed by atoms with Gasteiger partial charge in [0.2, 0.25) is 0 Å². The van der Waals surface area contributed by atoms with Crippen molar-refractivity contribution in [3.8, 4) is 17.2 Å². The molecule has 27 heavy (non-hydrogen) atoms. The third-order valence-corrected chi connectivity index (χ3v) is 3.71. The van der Waals surface area contributed by atoms with E-state index in [4.69, 9.17) is 25.1 Å². The summed E-state index contributed by atoms with van der Waals surface area (Å²) in [4.78, 5) is 15.0. The minimum Gasteiger partial charge on any atom is -0.489 e. The molecule has 4 N–H and O–H groups in total. The highest BCUT2D eigenvalue weighted by molar-refractivity contribution is 5.90. The van der Waals surface area contributed by atoms with Gasteiger partial charge in [0.05, 0.1) is 17.8 Å². The van der Waals surface area contributed by atoms with Gasteiger partial charge in [0, 0.05) is 30.4 Å². The second-order valence-corrected chi connectivity index (χ2v) is 5.61. The monoisotopic (exact) mass is 369 g/mol. The average molecular weight is 369 g/mol. The third-order valence-electron chi connectivity index (χ3n) is 3.71. The summed E-state index contributed by atoms with van der Waals surface area (Å²) in [5, 5.41) is 11.7. The number of benzene rings is 2. The number of rotatable bonds is 7. The second-order valence-electron chi connectivity index (χ2n) is 5.61. The number of methoxy groups -OCH3 is 1. The lowest BCUT2D eigenvalue weighted by Crippen LogP contribution is -2.06. The minimum absolute atomic E-state index is 0.388. The van der Waals surface area contributed by atoms with Gasteiger partial charge in [0.15, 0.2) is 0 Å². The summed E-state index contributed by atoms with van der Waals surface area (Å²) in [6.45, 7) is 0.847. The van der Waals surface area contributed by atoms with Crippen LogP contribution in [-0.2, 0) is 4.74 Å². The summed E-state index contributed by atoms with van der Waals surface area (Å²) in [6.07, 6.45) is 0.510. The number of carboxylic acid groups (broad SMARTS) is 1. The predicted octanol–water partition coefficient (Wildman–Crippen LogP) is 3.72. The first-order valence-corrected chi connectivity index (χ1v) is 8.14. The first-order valence-electron chi connectivity index (χ1n) is 8.14. The molecule has 140 valence electrons. The molecule has 8 nitrogen and oxygen atoms in total. The van der Waals surface area contributed by atoms with E-state index < -0.39 is 6.09 Å². The Bertz CT molecular complexity index is 944. The molecule has 0 aliphatic heterocycles. The molecule has 0 bridgehead atoms. The smallest absolute Gasteiger partial charge is 0.409 e. The van der Waals surface area contributed by atoms with Crippen LogP contribution in [0.25, 0.3) is 10.9 Å². The number of fused-ring (bicyclic) bond motifs is 1. The zero-order valence-electron chi connectivity index (χ0n) is 14.6. The van der Waals surface area contributed by atoms with E-state index in [1.54, 1.807) is 55.8 Å². The van der Waals surface area contributed by atoms with Crippen LogP contribution in [0.1, 0.15) is 0 Å². The standard InChI is InChI=1S/C19H19N3O5/c1-25-8-9-26-18-11-16-14(10-15(18)20)17(6-7-21-16)27-13-4-2-12(3-5-13)22-19(23)24/h2-7,10-11,22H,8-9,20H2,1H3,(H,23,24). The van der Waals surface area contributed by atoms with E-state index in [0.29, 0.717) is 47.4 Å². The molecule has 3 rings (SSSR count). The molecular formula is C19H19N3O5. The quantitative estimate of drug-likeness (QED) is 0.429. The summed E-state index contributed by atoms with van der Waals surface area (Å²) < 4.78 is 16.5. The molecule has 0 saturated heterocycles. The molecule has 2 aromatic carbocycles. The average Bonchev–Trinajstić information content (AvgIpc) is 2.64. The molecule has 0 saturated carbocycles. The number of ether oxygens (including phenoxy) is 3. The van der Waals surface area contributed by atoms with Gasteiger partial charge in [0.25, 0.3) is 0 Å². The maximum Gasteiger partial charge on any atom is 0.409 e. The first kappa shape index (κ1) is 18.3. The van der Waals surface area contributed by atoms with E-state index in [2.05, 4.69) is 10.3 Å². The number of hydrogen-bond donors (Lipinski definition) is 3. The lowest BCUT2D eigenvalue weighted by Gasteiger charge is -2.13. The van der Waals surface area contributed by atoms with E-state index in [1.165, 1.54) is 0 Å². The second kappa shape index (κ2) is 8.24. The molecule has 1 aromatic heterocycles. The van der Waals surface area contributed by atoms with Crippen LogP contribution < -0.4 is 20.5 Å². The molecule has 0 aliphatic carbocycles. The Labute approximate surface area is 155 Å². The molecule has 1 heterocycles. The number of nitrogen functional groups attached to an aromatic ring is 1. The maximum absolute atomic E-state index is 10.7. The lowest BCUT2D eigenvalue weighted by molar-refractivity contribution is 0.147. The third kappa shape index (κ3) is 4.56. The van der Waals surface area contributed by atoms with Crippen molar-refractivity contribution in [2.75, 3.05) is 31.4 Å². The van der Waals surface area contributed by atoms with Gasteiger partial charge in [-0.3, -0.25) is 10.3 Å². The SMILES string of the molecule is COCCOc1cc2nccc(Oc3ccc(NC(=O)O)cc3)c2cc1N. The Morgan fingerprint density at radius 3 is 2.63 bits per heavy atom. The van der Waals surface area contributed by atoms with Crippen LogP contribution in [0.2, 0.25) is 0 Å². The Hall–Kier alpha value is -3.52. The number of nitrogens with one attached hydrogen (secondary N) is 1. The number of carbonyl (C=O) groups is 1. The molecule has 0 aliphatic rings. The number of amides is 1. The summed E-state index contributed by atoms with van der Waals surface area (Å²) in [7, 11) is 1.60. The van der Waals surface area contributed by atoms with E-state index >= 15 is 0 Å². The topological polar surface area (TPSA) is 116 Å². The van der Waals surface area contributed by atoms with E-state index in [0.717, 1.165) is 5.39 Å². The van der Waals surface area contributed by atoms with E-state index in [-0.39, 0.29) is 0 Å². The molecule has 0 unspecified atom stereocenters. The summed E-state index contributed by atoms with van der Waals surface area (Å²) in [5.74, 6) is 1.67. The molecule has 3 aromatic rings. The van der Waals surface area contributed by atoms with Crippen LogP contribution >= 0.6 is 0 Å². The molecular weight excluding hydrogens is 350 g/mol. The Morgan fingerprint density at radius 1 is 1.15 bits per heavy atom. The van der Waals surface area contributed by atoms with Gasteiger partial charge in [-0.2, -0.15) is 0 Å². The fraction of sp³-hybridized carbons (Fsp3) is 0.158. The van der Waals surface area contributed by atoms with Crippen LogP contribution in [0.3, 0.4) is 0 Å². The van der Waals surface area contributed by atoms with Gasteiger partial charge in [0.1, 0.15) is 23.9 Å². The summed E-state index contributed by atoms with van der Waals surface area (Å²) >= 11 is 0. The largest absolute Gasteiger partial charge is 0.489 e. The van der Waals surface area contributed by atoms with E-state index in [9.17, 15) is 4.79 Å². The minimum atomic E-state index is -1.12. The number of nitrogens with zero attached hydrogens (tertiary/aromatic N) is 1. The van der Waals surface area contributed by atoms with Crippen molar-refractivity contribution in [3.05, 3.63) is 48.7 Å². The van der Waals surface area contributed by atoms with Crippen molar-refractivity contribution in [1.82, 2.24) is 4.98 Å². The van der Waals surface area contributed by atoms with Gasteiger partial charge in [-0.15, -0.1) is 0 Å². The highest BCUT2D eigenvalue weighted by Gasteiger charge is 2.10. The maximum atomic E-state index is 10.7. The lowest BCUT2D eigenvalue weighted by atomic mass is 10.1. The van der Waals surface area contributed by atoms with Crippen molar-refractivity contribution < 1.29 is 24.1 Å². The first-order chi connectivity index (χ1) is 13.1. The number of nitrogens with two attached hydrogens (primary N) is 1. The highest BCUT2D eigenvalue weighted by Crippen LogP contribution is 2.34. The summed E-state index contributed by atoms with van der Waals surface area (Å²) in [5.41, 5.74) is 7.69. The molecule has 0 atom stereocenters. The van der Waals surface area contributed by atoms with Gasteiger partial charge < -0.3 is 25.1 Å². The van der Waals surface area contributed by atoms with Crippen LogP contribution in [-0.4, -0.2) is 36.5 Å². The van der Waals surface area contributed by atoms with Gasteiger partial charge in [-0.25, -0.2) is 4.79 Å². The van der Waals surface area contributed by atoms with Crippen LogP contribution in [0.4, 0.5) is 16.2 Å². The zero-order chi connectivity index (χ0) is 19.2. The van der Waals surface area contributed by atoms with Crippen molar-refractivity contribution in [2.45, 2.75) is 0 Å². The van der Waals surface area contributed by atoms with Crippen molar-refractivity contribution in [1.29, 1.82) is 0 Å². The Kier molecular flexibility index (Phi) is 5.58. The van der Waals surface area contributed by atoms with Crippen LogP contribution in [0.15, 0.2) is 48.7 Å². The van der Waals surface area contributed by atoms with Crippen molar-refractivity contribution >= 4 is 28.4 Å². The fourth-order valence-electron chi connectivity index (χ4n) is 2.47. The summed E-state index contributed by atoms with van der Waals surface area (Å²) in [6, 6.07) is 11.8. The van der Waals surface area contributed by atoms with E-state index in [1.807, 2.05) is 0 Å². The number of aromatic nitrogens is 1. The number of pyridine rings is 1. The zero-order valence-corrected chi connectivity index (χ0v) is 14.6. The van der Waals surface area contributed by atoms with Gasteiger partial charge in [-0.05, 0) is 36.4 Å². The fourth-order valence-corrected chi connectivity index (χ4v) is 2.47. The van der Waals surface area contributed by atoms with Gasteiger partial charge in [-0.1, -0.05) is 0 Å². The van der Waals surface area contributed by atoms with Crippen LogP contribution in [0, 0.1) is 0 Å². The van der Waals surface area contributed by atoms with Crippen LogP contribution in [0.5, 0.6) is 17.2 Å². The number of hydrogen-bond acceptors (Lipinski definition) is 6. The van der Waals surface area contributed by atoms with Gasteiger partial charge >= 0.3 is 6.09 Å². The molecule has 0 fully saturated rings. The molecule has 1 amide bonds. The van der Waals surface area contributed by atoms with Crippen molar-refractivity contribution in [3.63, 3.8) is 0 Å².